The SMILES string of the molecule is O=C(O)CN(C(=O)NC(C1CC1)C1CC1)c1ccccc1. The fourth-order valence-electron chi connectivity index (χ4n) is 2.78. The lowest BCUT2D eigenvalue weighted by atomic mass is 10.1. The van der Waals surface area contributed by atoms with Gasteiger partial charge in [-0.2, -0.15) is 0 Å². The van der Waals surface area contributed by atoms with Crippen molar-refractivity contribution in [3.63, 3.8) is 0 Å². The quantitative estimate of drug-likeness (QED) is 0.845. The Morgan fingerprint density at radius 3 is 2.19 bits per heavy atom. The van der Waals surface area contributed by atoms with Crippen molar-refractivity contribution in [3.8, 4) is 0 Å². The molecule has 0 atom stereocenters. The maximum atomic E-state index is 12.5. The van der Waals surface area contributed by atoms with E-state index in [2.05, 4.69) is 5.32 Å². The van der Waals surface area contributed by atoms with Gasteiger partial charge in [0, 0.05) is 11.7 Å². The third-order valence-corrected chi connectivity index (χ3v) is 4.16. The van der Waals surface area contributed by atoms with Crippen molar-refractivity contribution in [2.24, 2.45) is 11.8 Å². The van der Waals surface area contributed by atoms with E-state index in [1.807, 2.05) is 6.07 Å². The molecule has 0 aromatic heterocycles. The lowest BCUT2D eigenvalue weighted by molar-refractivity contribution is -0.135. The highest BCUT2D eigenvalue weighted by Gasteiger charge is 2.42. The molecule has 21 heavy (non-hydrogen) atoms. The predicted octanol–water partition coefficient (Wildman–Crippen LogP) is 2.48. The number of carbonyl (C=O) groups excluding carboxylic acids is 1. The molecule has 0 aliphatic heterocycles. The number of para-hydroxylation sites is 1. The summed E-state index contributed by atoms with van der Waals surface area (Å²) in [6.07, 6.45) is 4.69. The van der Waals surface area contributed by atoms with E-state index in [0.29, 0.717) is 17.5 Å². The third kappa shape index (κ3) is 3.54. The van der Waals surface area contributed by atoms with Crippen LogP contribution in [0.1, 0.15) is 25.7 Å². The van der Waals surface area contributed by atoms with Crippen molar-refractivity contribution < 1.29 is 14.7 Å². The van der Waals surface area contributed by atoms with Crippen LogP contribution < -0.4 is 10.2 Å². The van der Waals surface area contributed by atoms with Crippen LogP contribution in [-0.4, -0.2) is 29.7 Å². The monoisotopic (exact) mass is 288 g/mol. The molecule has 0 spiro atoms. The molecule has 2 aliphatic carbocycles. The Morgan fingerprint density at radius 2 is 1.71 bits per heavy atom. The molecule has 2 fully saturated rings. The van der Waals surface area contributed by atoms with Crippen LogP contribution in [-0.2, 0) is 4.79 Å². The van der Waals surface area contributed by atoms with Crippen LogP contribution in [0.2, 0.25) is 0 Å². The highest BCUT2D eigenvalue weighted by Crippen LogP contribution is 2.44. The smallest absolute Gasteiger partial charge is 0.323 e. The minimum absolute atomic E-state index is 0.220. The van der Waals surface area contributed by atoms with Gasteiger partial charge in [-0.25, -0.2) is 4.79 Å². The highest BCUT2D eigenvalue weighted by molar-refractivity contribution is 5.96. The number of urea groups is 1. The van der Waals surface area contributed by atoms with E-state index in [-0.39, 0.29) is 18.6 Å². The number of aliphatic carboxylic acids is 1. The van der Waals surface area contributed by atoms with E-state index >= 15 is 0 Å². The van der Waals surface area contributed by atoms with E-state index in [1.165, 1.54) is 30.6 Å². The summed E-state index contributed by atoms with van der Waals surface area (Å²) in [4.78, 5) is 24.9. The number of hydrogen-bond acceptors (Lipinski definition) is 2. The lowest BCUT2D eigenvalue weighted by Crippen LogP contribution is -2.48. The van der Waals surface area contributed by atoms with Gasteiger partial charge in [-0.05, 0) is 49.7 Å². The third-order valence-electron chi connectivity index (χ3n) is 4.16. The molecule has 0 bridgehead atoms. The van der Waals surface area contributed by atoms with Crippen LogP contribution in [0.5, 0.6) is 0 Å². The molecule has 5 heteroatoms. The Balaban J connectivity index is 1.72. The topological polar surface area (TPSA) is 69.6 Å². The number of carboxylic acid groups (broad SMARTS) is 1. The van der Waals surface area contributed by atoms with Crippen molar-refractivity contribution in [1.82, 2.24) is 5.32 Å². The van der Waals surface area contributed by atoms with Crippen LogP contribution in [0.4, 0.5) is 10.5 Å². The van der Waals surface area contributed by atoms with Crippen molar-refractivity contribution >= 4 is 17.7 Å². The average Bonchev–Trinajstić information content (AvgIpc) is 3.36. The Kier molecular flexibility index (Phi) is 3.82. The van der Waals surface area contributed by atoms with Crippen LogP contribution in [0.15, 0.2) is 30.3 Å². The van der Waals surface area contributed by atoms with E-state index in [0.717, 1.165) is 0 Å². The molecule has 3 rings (SSSR count). The van der Waals surface area contributed by atoms with Crippen molar-refractivity contribution in [2.45, 2.75) is 31.7 Å². The van der Waals surface area contributed by atoms with Crippen molar-refractivity contribution in [2.75, 3.05) is 11.4 Å². The van der Waals surface area contributed by atoms with E-state index < -0.39 is 5.97 Å². The summed E-state index contributed by atoms with van der Waals surface area (Å²) in [7, 11) is 0. The predicted molar refractivity (Wildman–Crippen MR) is 79.2 cm³/mol. The summed E-state index contributed by atoms with van der Waals surface area (Å²) in [6, 6.07) is 8.88. The zero-order valence-corrected chi connectivity index (χ0v) is 11.9. The van der Waals surface area contributed by atoms with Crippen LogP contribution >= 0.6 is 0 Å². The normalized spacial score (nSPS) is 17.6. The van der Waals surface area contributed by atoms with Gasteiger partial charge < -0.3 is 10.4 Å². The first-order chi connectivity index (χ1) is 10.1. The summed E-state index contributed by atoms with van der Waals surface area (Å²) in [5.41, 5.74) is 0.614. The second-order valence-electron chi connectivity index (χ2n) is 5.97. The number of carbonyl (C=O) groups is 2. The lowest BCUT2D eigenvalue weighted by Gasteiger charge is -2.25. The molecule has 0 saturated heterocycles. The largest absolute Gasteiger partial charge is 0.480 e. The summed E-state index contributed by atoms with van der Waals surface area (Å²) < 4.78 is 0. The van der Waals surface area contributed by atoms with Gasteiger partial charge in [-0.15, -0.1) is 0 Å². The van der Waals surface area contributed by atoms with E-state index in [1.54, 1.807) is 24.3 Å². The van der Waals surface area contributed by atoms with Crippen molar-refractivity contribution in [3.05, 3.63) is 30.3 Å². The Hall–Kier alpha value is -2.04. The maximum Gasteiger partial charge on any atom is 0.323 e. The van der Waals surface area contributed by atoms with E-state index in [9.17, 15) is 9.59 Å². The van der Waals surface area contributed by atoms with Gasteiger partial charge in [0.1, 0.15) is 6.54 Å². The zero-order chi connectivity index (χ0) is 14.8. The van der Waals surface area contributed by atoms with Gasteiger partial charge >= 0.3 is 12.0 Å². The summed E-state index contributed by atoms with van der Waals surface area (Å²) in [6.45, 7) is -0.322. The van der Waals surface area contributed by atoms with Gasteiger partial charge in [0.15, 0.2) is 0 Å². The number of anilines is 1. The standard InChI is InChI=1S/C16H20N2O3/c19-14(20)10-18(13-4-2-1-3-5-13)16(21)17-15(11-6-7-11)12-8-9-12/h1-5,11-12,15H,6-10H2,(H,17,21)(H,19,20). The summed E-state index contributed by atoms with van der Waals surface area (Å²) >= 11 is 0. The van der Waals surface area contributed by atoms with E-state index in [4.69, 9.17) is 5.11 Å². The molecule has 1 aromatic carbocycles. The minimum Gasteiger partial charge on any atom is -0.480 e. The second-order valence-corrected chi connectivity index (χ2v) is 5.97. The van der Waals surface area contributed by atoms with Crippen molar-refractivity contribution in [1.29, 1.82) is 0 Å². The maximum absolute atomic E-state index is 12.5. The van der Waals surface area contributed by atoms with Gasteiger partial charge in [0.25, 0.3) is 0 Å². The van der Waals surface area contributed by atoms with Gasteiger partial charge in [-0.1, -0.05) is 18.2 Å². The second kappa shape index (κ2) is 5.76. The number of benzene rings is 1. The number of nitrogens with one attached hydrogen (secondary N) is 1. The molecule has 2 N–H and O–H groups in total. The molecule has 0 radical (unpaired) electrons. The fraction of sp³-hybridized carbons (Fsp3) is 0.500. The first-order valence-electron chi connectivity index (χ1n) is 7.50. The Morgan fingerprint density at radius 1 is 1.14 bits per heavy atom. The fourth-order valence-corrected chi connectivity index (χ4v) is 2.78. The molecular weight excluding hydrogens is 268 g/mol. The molecular formula is C16H20N2O3. The molecule has 0 unspecified atom stereocenters. The zero-order valence-electron chi connectivity index (χ0n) is 11.9. The summed E-state index contributed by atoms with van der Waals surface area (Å²) in [5.74, 6) is 0.163. The van der Waals surface area contributed by atoms with Gasteiger partial charge in [0.2, 0.25) is 0 Å². The minimum atomic E-state index is -1.01. The highest BCUT2D eigenvalue weighted by atomic mass is 16.4. The van der Waals surface area contributed by atoms with Crippen LogP contribution in [0, 0.1) is 11.8 Å². The molecule has 2 aliphatic rings. The molecule has 2 saturated carbocycles. The Labute approximate surface area is 123 Å². The molecule has 5 nitrogen and oxygen atoms in total. The number of amides is 2. The number of rotatable bonds is 6. The molecule has 112 valence electrons. The van der Waals surface area contributed by atoms with Crippen LogP contribution in [0.25, 0.3) is 0 Å². The molecule has 1 aromatic rings. The number of carboxylic acids is 1. The molecule has 2 amide bonds. The molecule has 0 heterocycles. The number of hydrogen-bond donors (Lipinski definition) is 2. The van der Waals surface area contributed by atoms with Crippen LogP contribution in [0.3, 0.4) is 0 Å². The first kappa shape index (κ1) is 13.9. The average molecular weight is 288 g/mol. The Bertz CT molecular complexity index is 512. The van der Waals surface area contributed by atoms with Gasteiger partial charge in [-0.3, -0.25) is 9.69 Å². The first-order valence-corrected chi connectivity index (χ1v) is 7.50. The summed E-state index contributed by atoms with van der Waals surface area (Å²) in [5, 5.41) is 12.1. The number of nitrogens with zero attached hydrogens (tertiary/aromatic N) is 1. The van der Waals surface area contributed by atoms with Gasteiger partial charge in [0.05, 0.1) is 0 Å².